The van der Waals surface area contributed by atoms with Crippen LogP contribution in [0, 0.1) is 0 Å². The summed E-state index contributed by atoms with van der Waals surface area (Å²) in [6.45, 7) is 2.34. The van der Waals surface area contributed by atoms with Crippen LogP contribution in [0.25, 0.3) is 11.1 Å². The summed E-state index contributed by atoms with van der Waals surface area (Å²) in [5.41, 5.74) is 4.47. The zero-order chi connectivity index (χ0) is 18.1. The Labute approximate surface area is 152 Å². The van der Waals surface area contributed by atoms with Crippen LogP contribution >= 0.6 is 0 Å². The lowest BCUT2D eigenvalue weighted by molar-refractivity contribution is -0.115. The molecule has 0 aliphatic carbocycles. The fraction of sp³-hybridized carbons (Fsp3) is 0.136. The number of amides is 1. The number of hydrogen-bond donors (Lipinski definition) is 3. The van der Waals surface area contributed by atoms with Gasteiger partial charge >= 0.3 is 0 Å². The molecule has 0 radical (unpaired) electrons. The number of rotatable bonds is 2. The quantitative estimate of drug-likeness (QED) is 0.661. The maximum Gasteiger partial charge on any atom is 0.238 e. The van der Waals surface area contributed by atoms with E-state index in [1.165, 1.54) is 0 Å². The number of nitrogens with one attached hydrogen (secondary N) is 2. The maximum absolute atomic E-state index is 12.2. The second-order valence-electron chi connectivity index (χ2n) is 6.70. The van der Waals surface area contributed by atoms with Crippen LogP contribution in [0.15, 0.2) is 72.8 Å². The van der Waals surface area contributed by atoms with Gasteiger partial charge < -0.3 is 10.4 Å². The van der Waals surface area contributed by atoms with Crippen LogP contribution in [0.3, 0.4) is 0 Å². The highest BCUT2D eigenvalue weighted by Crippen LogP contribution is 2.38. The Morgan fingerprint density at radius 1 is 0.923 bits per heavy atom. The van der Waals surface area contributed by atoms with Gasteiger partial charge in [0.1, 0.15) is 5.75 Å². The van der Waals surface area contributed by atoms with E-state index in [4.69, 9.17) is 0 Å². The van der Waals surface area contributed by atoms with E-state index in [9.17, 15) is 9.90 Å². The average Bonchev–Trinajstić information content (AvgIpc) is 2.80. The van der Waals surface area contributed by atoms with Crippen LogP contribution in [-0.2, 0) is 10.3 Å². The number of phenols is 1. The zero-order valence-electron chi connectivity index (χ0n) is 14.5. The smallest absolute Gasteiger partial charge is 0.238 e. The Morgan fingerprint density at radius 3 is 2.35 bits per heavy atom. The van der Waals surface area contributed by atoms with Crippen molar-refractivity contribution in [1.82, 2.24) is 5.32 Å². The third kappa shape index (κ3) is 2.85. The lowest BCUT2D eigenvalue weighted by Gasteiger charge is -2.32. The molecule has 1 atom stereocenters. The normalized spacial score (nSPS) is 19.3. The molecule has 0 spiro atoms. The standard InChI is InChI=1S/C22H20N2O2/c1-22(17-5-3-2-4-6-17)19-13-16(15-7-10-18(25)11-8-15)9-12-20(19)24-21(26)14-23-22/h2-13,23,25H,14H2,1H3,(H,24,26). The van der Waals surface area contributed by atoms with Gasteiger partial charge in [-0.1, -0.05) is 48.5 Å². The van der Waals surface area contributed by atoms with Crippen LogP contribution < -0.4 is 10.6 Å². The van der Waals surface area contributed by atoms with Crippen molar-refractivity contribution < 1.29 is 9.90 Å². The second kappa shape index (κ2) is 6.32. The van der Waals surface area contributed by atoms with Gasteiger partial charge in [-0.25, -0.2) is 0 Å². The third-order valence-corrected chi connectivity index (χ3v) is 4.99. The average molecular weight is 344 g/mol. The SMILES string of the molecule is CC1(c2ccccc2)NCC(=O)Nc2ccc(-c3ccc(O)cc3)cc21. The Bertz CT molecular complexity index is 952. The first-order chi connectivity index (χ1) is 12.6. The summed E-state index contributed by atoms with van der Waals surface area (Å²) in [6.07, 6.45) is 0. The Morgan fingerprint density at radius 2 is 1.62 bits per heavy atom. The molecule has 4 rings (SSSR count). The summed E-state index contributed by atoms with van der Waals surface area (Å²) in [7, 11) is 0. The molecule has 1 aliphatic rings. The molecule has 0 saturated heterocycles. The molecule has 1 aliphatic heterocycles. The summed E-state index contributed by atoms with van der Waals surface area (Å²) in [5.74, 6) is 0.190. The Balaban J connectivity index is 1.89. The predicted octanol–water partition coefficient (Wildman–Crippen LogP) is 3.86. The first-order valence-electron chi connectivity index (χ1n) is 8.60. The molecule has 1 unspecified atom stereocenters. The summed E-state index contributed by atoms with van der Waals surface area (Å²) in [5, 5.41) is 15.9. The van der Waals surface area contributed by atoms with Gasteiger partial charge in [0.05, 0.1) is 12.1 Å². The topological polar surface area (TPSA) is 61.4 Å². The van der Waals surface area contributed by atoms with Crippen LogP contribution in [0.1, 0.15) is 18.1 Å². The van der Waals surface area contributed by atoms with Gasteiger partial charge in [0, 0.05) is 11.3 Å². The fourth-order valence-corrected chi connectivity index (χ4v) is 3.48. The van der Waals surface area contributed by atoms with E-state index in [0.717, 1.165) is 27.9 Å². The number of anilines is 1. The lowest BCUT2D eigenvalue weighted by atomic mass is 9.82. The summed E-state index contributed by atoms with van der Waals surface area (Å²) >= 11 is 0. The largest absolute Gasteiger partial charge is 0.508 e. The summed E-state index contributed by atoms with van der Waals surface area (Å²) in [4.78, 5) is 12.2. The van der Waals surface area contributed by atoms with Crippen molar-refractivity contribution in [3.8, 4) is 16.9 Å². The van der Waals surface area contributed by atoms with E-state index >= 15 is 0 Å². The number of carbonyl (C=O) groups is 1. The van der Waals surface area contributed by atoms with Crippen LogP contribution in [0.4, 0.5) is 5.69 Å². The predicted molar refractivity (Wildman–Crippen MR) is 103 cm³/mol. The van der Waals surface area contributed by atoms with E-state index in [0.29, 0.717) is 0 Å². The monoisotopic (exact) mass is 344 g/mol. The molecule has 4 heteroatoms. The molecule has 0 bridgehead atoms. The van der Waals surface area contributed by atoms with Crippen molar-refractivity contribution in [3.63, 3.8) is 0 Å². The number of aromatic hydroxyl groups is 1. The van der Waals surface area contributed by atoms with Gasteiger partial charge in [-0.15, -0.1) is 0 Å². The molecule has 130 valence electrons. The van der Waals surface area contributed by atoms with E-state index in [2.05, 4.69) is 35.8 Å². The minimum absolute atomic E-state index is 0.0525. The molecule has 3 aromatic carbocycles. The van der Waals surface area contributed by atoms with Gasteiger partial charge in [-0.2, -0.15) is 0 Å². The molecule has 0 saturated carbocycles. The van der Waals surface area contributed by atoms with Gasteiger partial charge in [-0.05, 0) is 47.9 Å². The second-order valence-corrected chi connectivity index (χ2v) is 6.70. The lowest BCUT2D eigenvalue weighted by Crippen LogP contribution is -2.42. The van der Waals surface area contributed by atoms with E-state index in [-0.39, 0.29) is 18.2 Å². The summed E-state index contributed by atoms with van der Waals surface area (Å²) < 4.78 is 0. The number of benzene rings is 3. The first kappa shape index (κ1) is 16.4. The third-order valence-electron chi connectivity index (χ3n) is 4.99. The highest BCUT2D eigenvalue weighted by Gasteiger charge is 2.34. The van der Waals surface area contributed by atoms with Crippen molar-refractivity contribution >= 4 is 11.6 Å². The maximum atomic E-state index is 12.2. The molecule has 3 aromatic rings. The molecular formula is C22H20N2O2. The van der Waals surface area contributed by atoms with Crippen molar-refractivity contribution in [2.75, 3.05) is 11.9 Å². The number of hydrogen-bond acceptors (Lipinski definition) is 3. The van der Waals surface area contributed by atoms with Crippen LogP contribution in [-0.4, -0.2) is 17.6 Å². The van der Waals surface area contributed by atoms with Crippen molar-refractivity contribution in [1.29, 1.82) is 0 Å². The first-order valence-corrected chi connectivity index (χ1v) is 8.60. The van der Waals surface area contributed by atoms with E-state index < -0.39 is 5.54 Å². The molecule has 0 fully saturated rings. The van der Waals surface area contributed by atoms with Gasteiger partial charge in [0.25, 0.3) is 0 Å². The summed E-state index contributed by atoms with van der Waals surface area (Å²) in [6, 6.07) is 23.3. The van der Waals surface area contributed by atoms with Gasteiger partial charge in [0.15, 0.2) is 0 Å². The Kier molecular flexibility index (Phi) is 3.98. The molecule has 1 amide bonds. The highest BCUT2D eigenvalue weighted by molar-refractivity contribution is 5.95. The fourth-order valence-electron chi connectivity index (χ4n) is 3.48. The molecule has 0 aromatic heterocycles. The van der Waals surface area contributed by atoms with Gasteiger partial charge in [-0.3, -0.25) is 10.1 Å². The van der Waals surface area contributed by atoms with E-state index in [1.807, 2.05) is 42.5 Å². The molecule has 26 heavy (non-hydrogen) atoms. The van der Waals surface area contributed by atoms with Crippen LogP contribution in [0.2, 0.25) is 0 Å². The molecule has 4 nitrogen and oxygen atoms in total. The van der Waals surface area contributed by atoms with Crippen LogP contribution in [0.5, 0.6) is 5.75 Å². The van der Waals surface area contributed by atoms with Gasteiger partial charge in [0.2, 0.25) is 5.91 Å². The minimum atomic E-state index is -0.497. The molecule has 3 N–H and O–H groups in total. The van der Waals surface area contributed by atoms with Crippen molar-refractivity contribution in [2.45, 2.75) is 12.5 Å². The Hall–Kier alpha value is -3.11. The number of fused-ring (bicyclic) bond motifs is 1. The van der Waals surface area contributed by atoms with Crippen molar-refractivity contribution in [2.24, 2.45) is 0 Å². The molecule has 1 heterocycles. The number of carbonyl (C=O) groups excluding carboxylic acids is 1. The molecular weight excluding hydrogens is 324 g/mol. The van der Waals surface area contributed by atoms with Crippen molar-refractivity contribution in [3.05, 3.63) is 83.9 Å². The highest BCUT2D eigenvalue weighted by atomic mass is 16.3. The minimum Gasteiger partial charge on any atom is -0.508 e. The van der Waals surface area contributed by atoms with E-state index in [1.54, 1.807) is 12.1 Å². The number of phenolic OH excluding ortho intramolecular Hbond substituents is 1. The zero-order valence-corrected chi connectivity index (χ0v) is 14.5.